The third-order valence-corrected chi connectivity index (χ3v) is 2.31. The molecule has 0 saturated heterocycles. The maximum Gasteiger partial charge on any atom is 0.134 e. The third-order valence-electron chi connectivity index (χ3n) is 2.31. The number of hydrogen-bond acceptors (Lipinski definition) is 2. The molecule has 0 unspecified atom stereocenters. The molecule has 78 valence electrons. The van der Waals surface area contributed by atoms with Crippen LogP contribution in [0.2, 0.25) is 0 Å². The Morgan fingerprint density at radius 1 is 1.00 bits per heavy atom. The van der Waals surface area contributed by atoms with Gasteiger partial charge in [-0.15, -0.1) is 0 Å². The standard InChI is InChI=1S/C13H15NO/c1-13(2,3)12-5-4-11(15-12)10-6-8-14-9-7-10/h4-9H,1-3H3. The fourth-order valence-corrected chi connectivity index (χ4v) is 1.41. The van der Waals surface area contributed by atoms with Crippen LogP contribution >= 0.6 is 0 Å². The van der Waals surface area contributed by atoms with Crippen LogP contribution in [0.25, 0.3) is 11.3 Å². The van der Waals surface area contributed by atoms with Crippen LogP contribution in [-0.2, 0) is 5.41 Å². The lowest BCUT2D eigenvalue weighted by molar-refractivity contribution is 0.417. The zero-order chi connectivity index (χ0) is 10.9. The molecule has 0 spiro atoms. The first kappa shape index (κ1) is 9.97. The Morgan fingerprint density at radius 2 is 1.67 bits per heavy atom. The van der Waals surface area contributed by atoms with Crippen LogP contribution in [0.5, 0.6) is 0 Å². The normalized spacial score (nSPS) is 11.7. The summed E-state index contributed by atoms with van der Waals surface area (Å²) in [6.45, 7) is 6.42. The molecule has 0 aliphatic rings. The summed E-state index contributed by atoms with van der Waals surface area (Å²) in [5, 5.41) is 0. The van der Waals surface area contributed by atoms with Gasteiger partial charge in [0.1, 0.15) is 11.5 Å². The average Bonchev–Trinajstić information content (AvgIpc) is 2.67. The van der Waals surface area contributed by atoms with Crippen molar-refractivity contribution < 1.29 is 4.42 Å². The summed E-state index contributed by atoms with van der Waals surface area (Å²) in [6.07, 6.45) is 3.54. The molecule has 0 N–H and O–H groups in total. The number of nitrogens with zero attached hydrogens (tertiary/aromatic N) is 1. The molecule has 15 heavy (non-hydrogen) atoms. The monoisotopic (exact) mass is 201 g/mol. The predicted octanol–water partition coefficient (Wildman–Crippen LogP) is 3.64. The van der Waals surface area contributed by atoms with Crippen molar-refractivity contribution in [1.29, 1.82) is 0 Å². The van der Waals surface area contributed by atoms with E-state index >= 15 is 0 Å². The van der Waals surface area contributed by atoms with Gasteiger partial charge in [-0.25, -0.2) is 0 Å². The molecule has 2 aromatic heterocycles. The lowest BCUT2D eigenvalue weighted by Crippen LogP contribution is -2.08. The highest BCUT2D eigenvalue weighted by Gasteiger charge is 2.18. The van der Waals surface area contributed by atoms with Gasteiger partial charge in [0.05, 0.1) is 0 Å². The minimum Gasteiger partial charge on any atom is -0.461 e. The summed E-state index contributed by atoms with van der Waals surface area (Å²) in [6, 6.07) is 7.95. The van der Waals surface area contributed by atoms with Gasteiger partial charge in [0.25, 0.3) is 0 Å². The summed E-state index contributed by atoms with van der Waals surface area (Å²) in [5.41, 5.74) is 1.13. The Hall–Kier alpha value is -1.57. The molecule has 0 radical (unpaired) electrons. The molecule has 0 saturated carbocycles. The molecule has 2 nitrogen and oxygen atoms in total. The highest BCUT2D eigenvalue weighted by Crippen LogP contribution is 2.28. The van der Waals surface area contributed by atoms with Crippen molar-refractivity contribution in [2.24, 2.45) is 0 Å². The summed E-state index contributed by atoms with van der Waals surface area (Å²) >= 11 is 0. The Balaban J connectivity index is 2.37. The van der Waals surface area contributed by atoms with Crippen LogP contribution in [0, 0.1) is 0 Å². The summed E-state index contributed by atoms with van der Waals surface area (Å²) < 4.78 is 5.81. The molecule has 0 amide bonds. The van der Waals surface area contributed by atoms with E-state index in [1.165, 1.54) is 0 Å². The number of aromatic nitrogens is 1. The van der Waals surface area contributed by atoms with Gasteiger partial charge in [0, 0.05) is 23.4 Å². The molecule has 2 heterocycles. The second-order valence-electron chi connectivity index (χ2n) is 4.65. The van der Waals surface area contributed by atoms with Crippen LogP contribution < -0.4 is 0 Å². The van der Waals surface area contributed by atoms with Gasteiger partial charge in [-0.3, -0.25) is 4.98 Å². The SMILES string of the molecule is CC(C)(C)c1ccc(-c2ccncc2)o1. The van der Waals surface area contributed by atoms with E-state index in [0.29, 0.717) is 0 Å². The maximum atomic E-state index is 5.81. The number of pyridine rings is 1. The first-order chi connectivity index (χ1) is 7.07. The minimum absolute atomic E-state index is 0.0608. The fourth-order valence-electron chi connectivity index (χ4n) is 1.41. The average molecular weight is 201 g/mol. The molecule has 2 heteroatoms. The third kappa shape index (κ3) is 2.09. The molecule has 0 aliphatic heterocycles. The highest BCUT2D eigenvalue weighted by molar-refractivity contribution is 5.56. The van der Waals surface area contributed by atoms with E-state index in [2.05, 4.69) is 25.8 Å². The van der Waals surface area contributed by atoms with Crippen LogP contribution in [0.4, 0.5) is 0 Å². The van der Waals surface area contributed by atoms with Crippen molar-refractivity contribution in [3.05, 3.63) is 42.4 Å². The van der Waals surface area contributed by atoms with E-state index < -0.39 is 0 Å². The Bertz CT molecular complexity index is 437. The summed E-state index contributed by atoms with van der Waals surface area (Å²) in [4.78, 5) is 3.98. The van der Waals surface area contributed by atoms with Crippen LogP contribution in [0.3, 0.4) is 0 Å². The van der Waals surface area contributed by atoms with Crippen LogP contribution in [0.1, 0.15) is 26.5 Å². The van der Waals surface area contributed by atoms with Crippen LogP contribution in [-0.4, -0.2) is 4.98 Å². The lowest BCUT2D eigenvalue weighted by atomic mass is 9.94. The van der Waals surface area contributed by atoms with Crippen molar-refractivity contribution in [1.82, 2.24) is 4.98 Å². The van der Waals surface area contributed by atoms with E-state index in [4.69, 9.17) is 4.42 Å². The van der Waals surface area contributed by atoms with E-state index in [-0.39, 0.29) is 5.41 Å². The van der Waals surface area contributed by atoms with Gasteiger partial charge in [0.15, 0.2) is 0 Å². The largest absolute Gasteiger partial charge is 0.461 e. The van der Waals surface area contributed by atoms with Crippen molar-refractivity contribution >= 4 is 0 Å². The van der Waals surface area contributed by atoms with Gasteiger partial charge in [0.2, 0.25) is 0 Å². The predicted molar refractivity (Wildman–Crippen MR) is 60.6 cm³/mol. The molecule has 0 atom stereocenters. The van der Waals surface area contributed by atoms with Gasteiger partial charge in [-0.1, -0.05) is 20.8 Å². The Morgan fingerprint density at radius 3 is 2.20 bits per heavy atom. The van der Waals surface area contributed by atoms with Crippen LogP contribution in [0.15, 0.2) is 41.1 Å². The Kier molecular flexibility index (Phi) is 2.35. The molecule has 0 aliphatic carbocycles. The van der Waals surface area contributed by atoms with Crippen molar-refractivity contribution in [2.75, 3.05) is 0 Å². The molecular formula is C13H15NO. The van der Waals surface area contributed by atoms with Gasteiger partial charge >= 0.3 is 0 Å². The number of hydrogen-bond donors (Lipinski definition) is 0. The number of rotatable bonds is 1. The molecular weight excluding hydrogens is 186 g/mol. The van der Waals surface area contributed by atoms with E-state index in [1.54, 1.807) is 12.4 Å². The van der Waals surface area contributed by atoms with Gasteiger partial charge in [-0.2, -0.15) is 0 Å². The second-order valence-corrected chi connectivity index (χ2v) is 4.65. The first-order valence-electron chi connectivity index (χ1n) is 5.08. The highest BCUT2D eigenvalue weighted by atomic mass is 16.3. The molecule has 0 aromatic carbocycles. The van der Waals surface area contributed by atoms with Crippen molar-refractivity contribution in [2.45, 2.75) is 26.2 Å². The number of furan rings is 1. The lowest BCUT2D eigenvalue weighted by Gasteiger charge is -2.14. The zero-order valence-electron chi connectivity index (χ0n) is 9.32. The second kappa shape index (κ2) is 3.54. The van der Waals surface area contributed by atoms with E-state index in [9.17, 15) is 0 Å². The Labute approximate surface area is 90.0 Å². The van der Waals surface area contributed by atoms with Crippen molar-refractivity contribution in [3.8, 4) is 11.3 Å². The summed E-state index contributed by atoms with van der Waals surface area (Å²) in [7, 11) is 0. The molecule has 2 rings (SSSR count). The topological polar surface area (TPSA) is 26.0 Å². The molecule has 0 bridgehead atoms. The molecule has 2 aromatic rings. The van der Waals surface area contributed by atoms with Crippen molar-refractivity contribution in [3.63, 3.8) is 0 Å². The van der Waals surface area contributed by atoms with E-state index in [0.717, 1.165) is 17.1 Å². The van der Waals surface area contributed by atoms with Gasteiger partial charge in [-0.05, 0) is 24.3 Å². The smallest absolute Gasteiger partial charge is 0.134 e. The molecule has 0 fully saturated rings. The van der Waals surface area contributed by atoms with E-state index in [1.807, 2.05) is 24.3 Å². The quantitative estimate of drug-likeness (QED) is 0.704. The minimum atomic E-state index is 0.0608. The summed E-state index contributed by atoms with van der Waals surface area (Å²) in [5.74, 6) is 1.91. The van der Waals surface area contributed by atoms with Gasteiger partial charge < -0.3 is 4.42 Å². The fraction of sp³-hybridized carbons (Fsp3) is 0.308. The first-order valence-corrected chi connectivity index (χ1v) is 5.08. The zero-order valence-corrected chi connectivity index (χ0v) is 9.32. The maximum absolute atomic E-state index is 5.81.